The number of fused-ring (bicyclic) bond motifs is 1. The third kappa shape index (κ3) is 3.31. The molecule has 0 atom stereocenters. The summed E-state index contributed by atoms with van der Waals surface area (Å²) in [6.07, 6.45) is 2.90. The van der Waals surface area contributed by atoms with E-state index in [0.29, 0.717) is 0 Å². The molecule has 0 aliphatic heterocycles. The van der Waals surface area contributed by atoms with Crippen molar-refractivity contribution in [2.45, 2.75) is 38.7 Å². The molecule has 17 heavy (non-hydrogen) atoms. The molecule has 0 saturated heterocycles. The zero-order valence-electron chi connectivity index (χ0n) is 10.6. The highest BCUT2D eigenvalue weighted by molar-refractivity contribution is 5.85. The van der Waals surface area contributed by atoms with Gasteiger partial charge in [0.15, 0.2) is 0 Å². The minimum Gasteiger partial charge on any atom is -0.390 e. The lowest BCUT2D eigenvalue weighted by molar-refractivity contribution is 0.0689. The van der Waals surface area contributed by atoms with Gasteiger partial charge in [-0.25, -0.2) is 0 Å². The van der Waals surface area contributed by atoms with Crippen LogP contribution in [0.1, 0.15) is 32.3 Å². The molecule has 1 nitrogen and oxygen atoms in total. The standard InChI is InChI=1S/C16H20O/c1-16(2,17)12-6-10-14-9-5-8-13-7-3-4-11-15(13)14/h3-5,7-9,11,17H,6,10,12H2,1-2H3. The monoisotopic (exact) mass is 228 g/mol. The average Bonchev–Trinajstić information content (AvgIpc) is 2.28. The summed E-state index contributed by atoms with van der Waals surface area (Å²) in [6.45, 7) is 3.74. The number of hydrogen-bond donors (Lipinski definition) is 1. The molecule has 90 valence electrons. The number of rotatable bonds is 4. The van der Waals surface area contributed by atoms with Crippen LogP contribution in [0.3, 0.4) is 0 Å². The zero-order chi connectivity index (χ0) is 12.3. The van der Waals surface area contributed by atoms with E-state index in [1.165, 1.54) is 16.3 Å². The fraction of sp³-hybridized carbons (Fsp3) is 0.375. The van der Waals surface area contributed by atoms with Gasteiger partial charge in [-0.2, -0.15) is 0 Å². The summed E-state index contributed by atoms with van der Waals surface area (Å²) in [4.78, 5) is 0. The fourth-order valence-corrected chi connectivity index (χ4v) is 2.22. The quantitative estimate of drug-likeness (QED) is 0.840. The van der Waals surface area contributed by atoms with Crippen molar-refractivity contribution in [3.8, 4) is 0 Å². The Bertz CT molecular complexity index is 489. The molecule has 0 spiro atoms. The van der Waals surface area contributed by atoms with Gasteiger partial charge in [0.05, 0.1) is 5.60 Å². The van der Waals surface area contributed by atoms with Crippen LogP contribution in [0.5, 0.6) is 0 Å². The number of benzene rings is 2. The minimum atomic E-state index is -0.551. The maximum Gasteiger partial charge on any atom is 0.0591 e. The Morgan fingerprint density at radius 3 is 2.47 bits per heavy atom. The highest BCUT2D eigenvalue weighted by Gasteiger charge is 2.11. The Kier molecular flexibility index (Phi) is 3.49. The summed E-state index contributed by atoms with van der Waals surface area (Å²) in [5, 5.41) is 12.3. The summed E-state index contributed by atoms with van der Waals surface area (Å²) in [7, 11) is 0. The lowest BCUT2D eigenvalue weighted by Gasteiger charge is -2.16. The number of aliphatic hydroxyl groups is 1. The Labute approximate surface area is 103 Å². The van der Waals surface area contributed by atoms with Crippen molar-refractivity contribution in [1.29, 1.82) is 0 Å². The van der Waals surface area contributed by atoms with Crippen LogP contribution < -0.4 is 0 Å². The first-order chi connectivity index (χ1) is 8.06. The van der Waals surface area contributed by atoms with Crippen LogP contribution in [-0.2, 0) is 6.42 Å². The summed E-state index contributed by atoms with van der Waals surface area (Å²) in [6, 6.07) is 14.9. The van der Waals surface area contributed by atoms with Crippen molar-refractivity contribution in [3.05, 3.63) is 48.0 Å². The second-order valence-electron chi connectivity index (χ2n) is 5.30. The fourth-order valence-electron chi connectivity index (χ4n) is 2.22. The van der Waals surface area contributed by atoms with Gasteiger partial charge in [-0.1, -0.05) is 42.5 Å². The predicted molar refractivity (Wildman–Crippen MR) is 73.2 cm³/mol. The smallest absolute Gasteiger partial charge is 0.0591 e. The maximum atomic E-state index is 9.71. The van der Waals surface area contributed by atoms with Crippen LogP contribution in [-0.4, -0.2) is 10.7 Å². The van der Waals surface area contributed by atoms with E-state index in [2.05, 4.69) is 42.5 Å². The van der Waals surface area contributed by atoms with Gasteiger partial charge in [0.2, 0.25) is 0 Å². The van der Waals surface area contributed by atoms with Gasteiger partial charge in [-0.15, -0.1) is 0 Å². The molecule has 2 aromatic rings. The minimum absolute atomic E-state index is 0.551. The van der Waals surface area contributed by atoms with Crippen molar-refractivity contribution >= 4 is 10.8 Å². The van der Waals surface area contributed by atoms with Crippen LogP contribution in [0, 0.1) is 0 Å². The Balaban J connectivity index is 2.13. The van der Waals surface area contributed by atoms with Gasteiger partial charge in [0.25, 0.3) is 0 Å². The van der Waals surface area contributed by atoms with E-state index < -0.39 is 5.60 Å². The largest absolute Gasteiger partial charge is 0.390 e. The lowest BCUT2D eigenvalue weighted by Crippen LogP contribution is -2.18. The summed E-state index contributed by atoms with van der Waals surface area (Å²) >= 11 is 0. The molecule has 0 bridgehead atoms. The van der Waals surface area contributed by atoms with E-state index in [0.717, 1.165) is 19.3 Å². The van der Waals surface area contributed by atoms with E-state index in [-0.39, 0.29) is 0 Å². The molecule has 0 aliphatic carbocycles. The molecule has 0 amide bonds. The molecule has 1 heteroatoms. The second kappa shape index (κ2) is 4.89. The van der Waals surface area contributed by atoms with Crippen molar-refractivity contribution in [2.24, 2.45) is 0 Å². The van der Waals surface area contributed by atoms with Gasteiger partial charge >= 0.3 is 0 Å². The molecular weight excluding hydrogens is 208 g/mol. The summed E-state index contributed by atoms with van der Waals surface area (Å²) in [5.74, 6) is 0. The van der Waals surface area contributed by atoms with Gasteiger partial charge in [0, 0.05) is 0 Å². The van der Waals surface area contributed by atoms with Crippen molar-refractivity contribution < 1.29 is 5.11 Å². The average molecular weight is 228 g/mol. The van der Waals surface area contributed by atoms with Gasteiger partial charge in [-0.3, -0.25) is 0 Å². The highest BCUT2D eigenvalue weighted by atomic mass is 16.3. The molecule has 1 N–H and O–H groups in total. The van der Waals surface area contributed by atoms with Crippen molar-refractivity contribution in [3.63, 3.8) is 0 Å². The van der Waals surface area contributed by atoms with Gasteiger partial charge < -0.3 is 5.11 Å². The number of hydrogen-bond acceptors (Lipinski definition) is 1. The molecule has 0 fully saturated rings. The SMILES string of the molecule is CC(C)(O)CCCc1cccc2ccccc12. The van der Waals surface area contributed by atoms with E-state index >= 15 is 0 Å². The van der Waals surface area contributed by atoms with Crippen LogP contribution >= 0.6 is 0 Å². The Hall–Kier alpha value is -1.34. The van der Waals surface area contributed by atoms with Crippen LogP contribution in [0.15, 0.2) is 42.5 Å². The highest BCUT2D eigenvalue weighted by Crippen LogP contribution is 2.21. The summed E-state index contributed by atoms with van der Waals surface area (Å²) < 4.78 is 0. The predicted octanol–water partition coefficient (Wildman–Crippen LogP) is 3.93. The first-order valence-electron chi connectivity index (χ1n) is 6.25. The van der Waals surface area contributed by atoms with Crippen LogP contribution in [0.25, 0.3) is 10.8 Å². The molecule has 0 heterocycles. The number of aryl methyl sites for hydroxylation is 1. The molecule has 0 unspecified atom stereocenters. The molecule has 2 rings (SSSR count). The Morgan fingerprint density at radius 1 is 1.00 bits per heavy atom. The third-order valence-electron chi connectivity index (χ3n) is 3.11. The zero-order valence-corrected chi connectivity index (χ0v) is 10.6. The molecule has 0 saturated carbocycles. The van der Waals surface area contributed by atoms with Gasteiger partial charge in [0.1, 0.15) is 0 Å². The molecular formula is C16H20O. The van der Waals surface area contributed by atoms with E-state index in [9.17, 15) is 5.11 Å². The van der Waals surface area contributed by atoms with Crippen molar-refractivity contribution in [1.82, 2.24) is 0 Å². The molecule has 0 radical (unpaired) electrons. The first-order valence-corrected chi connectivity index (χ1v) is 6.25. The van der Waals surface area contributed by atoms with Crippen molar-refractivity contribution in [2.75, 3.05) is 0 Å². The Morgan fingerprint density at radius 2 is 1.71 bits per heavy atom. The topological polar surface area (TPSA) is 20.2 Å². The van der Waals surface area contributed by atoms with E-state index in [4.69, 9.17) is 0 Å². The van der Waals surface area contributed by atoms with Crippen LogP contribution in [0.2, 0.25) is 0 Å². The van der Waals surface area contributed by atoms with E-state index in [1.54, 1.807) is 0 Å². The first kappa shape index (κ1) is 12.1. The maximum absolute atomic E-state index is 9.71. The molecule has 2 aromatic carbocycles. The lowest BCUT2D eigenvalue weighted by atomic mass is 9.96. The summed E-state index contributed by atoms with van der Waals surface area (Å²) in [5.41, 5.74) is 0.831. The molecule has 0 aromatic heterocycles. The molecule has 0 aliphatic rings. The van der Waals surface area contributed by atoms with Crippen LogP contribution in [0.4, 0.5) is 0 Å². The van der Waals surface area contributed by atoms with Gasteiger partial charge in [-0.05, 0) is 49.4 Å². The third-order valence-corrected chi connectivity index (χ3v) is 3.11. The second-order valence-corrected chi connectivity index (χ2v) is 5.30. The van der Waals surface area contributed by atoms with E-state index in [1.807, 2.05) is 13.8 Å². The normalized spacial score (nSPS) is 11.9.